The minimum Gasteiger partial charge on any atom is -0.462 e. The molecule has 1 aromatic rings. The third kappa shape index (κ3) is 8.48. The van der Waals surface area contributed by atoms with Crippen LogP contribution in [0.4, 0.5) is 11.4 Å². The molecule has 4 N–H and O–H groups in total. The predicted molar refractivity (Wildman–Crippen MR) is 97.4 cm³/mol. The SMILES string of the molecule is CCCCCCCCCCCCOC(=O)c1cc(N)ccc1N. The summed E-state index contributed by atoms with van der Waals surface area (Å²) in [7, 11) is 0. The molecule has 1 rings (SSSR count). The van der Waals surface area contributed by atoms with Crippen molar-refractivity contribution in [2.24, 2.45) is 0 Å². The van der Waals surface area contributed by atoms with Crippen molar-refractivity contribution in [3.63, 3.8) is 0 Å². The average Bonchev–Trinajstić information content (AvgIpc) is 2.54. The van der Waals surface area contributed by atoms with E-state index in [9.17, 15) is 4.79 Å². The Balaban J connectivity index is 2.02. The van der Waals surface area contributed by atoms with Gasteiger partial charge in [-0.2, -0.15) is 0 Å². The Morgan fingerprint density at radius 2 is 1.48 bits per heavy atom. The average molecular weight is 320 g/mol. The van der Waals surface area contributed by atoms with Crippen molar-refractivity contribution in [2.75, 3.05) is 18.1 Å². The van der Waals surface area contributed by atoms with E-state index in [1.165, 1.54) is 51.4 Å². The molecule has 0 atom stereocenters. The molecule has 0 aliphatic heterocycles. The first kappa shape index (κ1) is 19.3. The molecule has 0 amide bonds. The van der Waals surface area contributed by atoms with Crippen LogP contribution in [-0.2, 0) is 4.74 Å². The van der Waals surface area contributed by atoms with E-state index in [1.54, 1.807) is 18.2 Å². The summed E-state index contributed by atoms with van der Waals surface area (Å²) < 4.78 is 5.26. The first-order valence-corrected chi connectivity index (χ1v) is 8.97. The fraction of sp³-hybridized carbons (Fsp3) is 0.632. The second-order valence-corrected chi connectivity index (χ2v) is 6.16. The lowest BCUT2D eigenvalue weighted by Gasteiger charge is -2.08. The molecule has 0 fully saturated rings. The summed E-state index contributed by atoms with van der Waals surface area (Å²) in [5.74, 6) is -0.384. The normalized spacial score (nSPS) is 10.7. The highest BCUT2D eigenvalue weighted by Crippen LogP contribution is 2.17. The summed E-state index contributed by atoms with van der Waals surface area (Å²) in [4.78, 5) is 11.9. The van der Waals surface area contributed by atoms with Crippen LogP contribution in [0, 0.1) is 0 Å². The second kappa shape index (κ2) is 11.8. The van der Waals surface area contributed by atoms with Crippen molar-refractivity contribution in [3.05, 3.63) is 23.8 Å². The van der Waals surface area contributed by atoms with E-state index in [4.69, 9.17) is 16.2 Å². The van der Waals surface area contributed by atoms with Crippen molar-refractivity contribution in [3.8, 4) is 0 Å². The number of unbranched alkanes of at least 4 members (excludes halogenated alkanes) is 9. The highest BCUT2D eigenvalue weighted by atomic mass is 16.5. The molecule has 4 heteroatoms. The largest absolute Gasteiger partial charge is 0.462 e. The van der Waals surface area contributed by atoms with Gasteiger partial charge < -0.3 is 16.2 Å². The van der Waals surface area contributed by atoms with Crippen molar-refractivity contribution < 1.29 is 9.53 Å². The Kier molecular flexibility index (Phi) is 9.92. The van der Waals surface area contributed by atoms with Crippen LogP contribution in [0.15, 0.2) is 18.2 Å². The number of hydrogen-bond donors (Lipinski definition) is 2. The summed E-state index contributed by atoms with van der Waals surface area (Å²) in [6.45, 7) is 2.69. The number of benzene rings is 1. The van der Waals surface area contributed by atoms with Crippen molar-refractivity contribution in [2.45, 2.75) is 71.1 Å². The lowest BCUT2D eigenvalue weighted by Crippen LogP contribution is -2.09. The molecule has 4 nitrogen and oxygen atoms in total. The van der Waals surface area contributed by atoms with Crippen LogP contribution in [0.5, 0.6) is 0 Å². The van der Waals surface area contributed by atoms with Gasteiger partial charge in [0.05, 0.1) is 12.2 Å². The molecular weight excluding hydrogens is 288 g/mol. The maximum Gasteiger partial charge on any atom is 0.340 e. The lowest BCUT2D eigenvalue weighted by atomic mass is 10.1. The van der Waals surface area contributed by atoms with Gasteiger partial charge >= 0.3 is 5.97 Å². The van der Waals surface area contributed by atoms with E-state index < -0.39 is 0 Å². The van der Waals surface area contributed by atoms with Crippen LogP contribution in [0.25, 0.3) is 0 Å². The van der Waals surface area contributed by atoms with Crippen LogP contribution in [0.2, 0.25) is 0 Å². The first-order chi connectivity index (χ1) is 11.1. The summed E-state index contributed by atoms with van der Waals surface area (Å²) in [6, 6.07) is 4.87. The smallest absolute Gasteiger partial charge is 0.340 e. The standard InChI is InChI=1S/C19H32N2O2/c1-2-3-4-5-6-7-8-9-10-11-14-23-19(22)17-15-16(20)12-13-18(17)21/h12-13,15H,2-11,14,20-21H2,1H3. The number of hydrogen-bond acceptors (Lipinski definition) is 4. The minimum atomic E-state index is -0.384. The topological polar surface area (TPSA) is 78.3 Å². The van der Waals surface area contributed by atoms with E-state index in [0.29, 0.717) is 23.5 Å². The van der Waals surface area contributed by atoms with Gasteiger partial charge in [0.15, 0.2) is 0 Å². The predicted octanol–water partition coefficient (Wildman–Crippen LogP) is 4.93. The number of carbonyl (C=O) groups excluding carboxylic acids is 1. The zero-order chi connectivity index (χ0) is 16.9. The van der Waals surface area contributed by atoms with E-state index >= 15 is 0 Å². The Morgan fingerprint density at radius 3 is 2.09 bits per heavy atom. The molecule has 0 spiro atoms. The van der Waals surface area contributed by atoms with Gasteiger partial charge in [-0.1, -0.05) is 64.7 Å². The summed E-state index contributed by atoms with van der Waals surface area (Å²) in [5.41, 5.74) is 12.7. The molecule has 0 saturated carbocycles. The van der Waals surface area contributed by atoms with Gasteiger partial charge in [-0.05, 0) is 24.6 Å². The molecule has 130 valence electrons. The fourth-order valence-corrected chi connectivity index (χ4v) is 2.58. The first-order valence-electron chi connectivity index (χ1n) is 8.97. The molecule has 1 aromatic carbocycles. The number of anilines is 2. The Labute approximate surface area is 140 Å². The molecule has 0 unspecified atom stereocenters. The Bertz CT molecular complexity index is 461. The number of rotatable bonds is 12. The van der Waals surface area contributed by atoms with Crippen LogP contribution >= 0.6 is 0 Å². The number of carbonyl (C=O) groups is 1. The zero-order valence-electron chi connectivity index (χ0n) is 14.5. The number of esters is 1. The Hall–Kier alpha value is -1.71. The molecule has 0 heterocycles. The maximum atomic E-state index is 11.9. The molecule has 0 aliphatic carbocycles. The van der Waals surface area contributed by atoms with Crippen molar-refractivity contribution in [1.82, 2.24) is 0 Å². The Morgan fingerprint density at radius 1 is 0.913 bits per heavy atom. The van der Waals surface area contributed by atoms with Gasteiger partial charge in [0.1, 0.15) is 0 Å². The quantitative estimate of drug-likeness (QED) is 0.325. The maximum absolute atomic E-state index is 11.9. The molecule has 0 bridgehead atoms. The van der Waals surface area contributed by atoms with Gasteiger partial charge in [0.25, 0.3) is 0 Å². The number of ether oxygens (including phenoxy) is 1. The van der Waals surface area contributed by atoms with E-state index in [0.717, 1.165) is 12.8 Å². The monoisotopic (exact) mass is 320 g/mol. The van der Waals surface area contributed by atoms with Gasteiger partial charge in [0.2, 0.25) is 0 Å². The lowest BCUT2D eigenvalue weighted by molar-refractivity contribution is 0.0499. The van der Waals surface area contributed by atoms with Crippen LogP contribution < -0.4 is 11.5 Å². The van der Waals surface area contributed by atoms with E-state index in [1.807, 2.05) is 0 Å². The summed E-state index contributed by atoms with van der Waals surface area (Å²) in [5, 5.41) is 0. The van der Waals surface area contributed by atoms with E-state index in [2.05, 4.69) is 6.92 Å². The second-order valence-electron chi connectivity index (χ2n) is 6.16. The van der Waals surface area contributed by atoms with Gasteiger partial charge in [-0.25, -0.2) is 4.79 Å². The molecule has 0 saturated heterocycles. The van der Waals surface area contributed by atoms with Crippen LogP contribution in [-0.4, -0.2) is 12.6 Å². The highest BCUT2D eigenvalue weighted by Gasteiger charge is 2.11. The highest BCUT2D eigenvalue weighted by molar-refractivity contribution is 5.96. The van der Waals surface area contributed by atoms with Gasteiger partial charge in [0, 0.05) is 11.4 Å². The van der Waals surface area contributed by atoms with Crippen LogP contribution in [0.3, 0.4) is 0 Å². The summed E-state index contributed by atoms with van der Waals surface area (Å²) >= 11 is 0. The number of nitrogens with two attached hydrogens (primary N) is 2. The molecular formula is C19H32N2O2. The van der Waals surface area contributed by atoms with Gasteiger partial charge in [-0.15, -0.1) is 0 Å². The molecule has 0 radical (unpaired) electrons. The number of nitrogen functional groups attached to an aromatic ring is 2. The van der Waals surface area contributed by atoms with Crippen LogP contribution in [0.1, 0.15) is 81.5 Å². The molecule has 23 heavy (non-hydrogen) atoms. The third-order valence-electron chi connectivity index (χ3n) is 4.03. The zero-order valence-corrected chi connectivity index (χ0v) is 14.5. The van der Waals surface area contributed by atoms with E-state index in [-0.39, 0.29) is 5.97 Å². The fourth-order valence-electron chi connectivity index (χ4n) is 2.58. The van der Waals surface area contributed by atoms with Crippen molar-refractivity contribution >= 4 is 17.3 Å². The van der Waals surface area contributed by atoms with Gasteiger partial charge in [-0.3, -0.25) is 0 Å². The minimum absolute atomic E-state index is 0.358. The third-order valence-corrected chi connectivity index (χ3v) is 4.03. The summed E-state index contributed by atoms with van der Waals surface area (Å²) in [6.07, 6.45) is 12.6. The molecule has 0 aromatic heterocycles. The van der Waals surface area contributed by atoms with Crippen molar-refractivity contribution in [1.29, 1.82) is 0 Å². The molecule has 0 aliphatic rings.